The molecule has 42 heavy (non-hydrogen) atoms. The first kappa shape index (κ1) is 30.7. The van der Waals surface area contributed by atoms with E-state index >= 15 is 0 Å². The summed E-state index contributed by atoms with van der Waals surface area (Å²) >= 11 is 0. The number of morpholine rings is 1. The summed E-state index contributed by atoms with van der Waals surface area (Å²) in [5, 5.41) is 3.15. The van der Waals surface area contributed by atoms with Gasteiger partial charge in [0.15, 0.2) is 0 Å². The van der Waals surface area contributed by atoms with Crippen LogP contribution in [0, 0.1) is 0 Å². The normalized spacial score (nSPS) is 20.3. The van der Waals surface area contributed by atoms with E-state index in [1.54, 1.807) is 6.92 Å². The third-order valence-corrected chi connectivity index (χ3v) is 8.87. The number of ether oxygens (including phenoxy) is 2. The number of hydrogen-bond acceptors (Lipinski definition) is 6. The van der Waals surface area contributed by atoms with Crippen molar-refractivity contribution in [1.82, 2.24) is 15.1 Å². The molecule has 228 valence electrons. The lowest BCUT2D eigenvalue weighted by Gasteiger charge is -2.36. The van der Waals surface area contributed by atoms with Crippen LogP contribution in [0.1, 0.15) is 78.9 Å². The van der Waals surface area contributed by atoms with Crippen LogP contribution in [0.25, 0.3) is 0 Å². The maximum Gasteiger partial charge on any atom is 0.251 e. The van der Waals surface area contributed by atoms with Gasteiger partial charge in [-0.25, -0.2) is 0 Å². The average molecular weight is 577 g/mol. The fourth-order valence-corrected chi connectivity index (χ4v) is 6.48. The molecule has 0 bridgehead atoms. The molecule has 2 fully saturated rings. The van der Waals surface area contributed by atoms with Gasteiger partial charge >= 0.3 is 0 Å². The summed E-state index contributed by atoms with van der Waals surface area (Å²) in [7, 11) is 0. The fourth-order valence-electron chi connectivity index (χ4n) is 6.48. The van der Waals surface area contributed by atoms with Crippen molar-refractivity contribution in [2.45, 2.75) is 77.5 Å². The van der Waals surface area contributed by atoms with Gasteiger partial charge in [0.05, 0.1) is 13.2 Å². The maximum atomic E-state index is 13.4. The number of carbonyl (C=O) groups is 2. The molecule has 2 aromatic carbocycles. The second-order valence-electron chi connectivity index (χ2n) is 12.0. The molecular formula is C34H48N4O4. The summed E-state index contributed by atoms with van der Waals surface area (Å²) in [5.74, 6) is -0.0328. The van der Waals surface area contributed by atoms with Crippen LogP contribution >= 0.6 is 0 Å². The van der Waals surface area contributed by atoms with Crippen molar-refractivity contribution >= 4 is 17.5 Å². The lowest BCUT2D eigenvalue weighted by molar-refractivity contribution is -0.116. The predicted octanol–water partition coefficient (Wildman–Crippen LogP) is 4.75. The van der Waals surface area contributed by atoms with Crippen LogP contribution in [0.2, 0.25) is 0 Å². The molecule has 0 aromatic heterocycles. The molecule has 5 rings (SSSR count). The van der Waals surface area contributed by atoms with Gasteiger partial charge in [-0.05, 0) is 67.1 Å². The SMILES string of the molecule is CC(=O)N1CCCCCCCN(C2CCOCC2)Cc2cc(C(=O)NCc3cccc(CN4CCOCC4)c3)ccc21. The van der Waals surface area contributed by atoms with Gasteiger partial charge < -0.3 is 19.7 Å². The van der Waals surface area contributed by atoms with Crippen molar-refractivity contribution in [2.24, 2.45) is 0 Å². The van der Waals surface area contributed by atoms with Crippen molar-refractivity contribution in [1.29, 1.82) is 0 Å². The Labute approximate surface area is 251 Å². The molecule has 8 heteroatoms. The van der Waals surface area contributed by atoms with E-state index in [0.29, 0.717) is 24.7 Å². The third kappa shape index (κ3) is 8.63. The number of nitrogens with one attached hydrogen (secondary N) is 1. The second-order valence-corrected chi connectivity index (χ2v) is 12.0. The van der Waals surface area contributed by atoms with Crippen LogP contribution in [0.3, 0.4) is 0 Å². The Morgan fingerprint density at radius 2 is 1.55 bits per heavy atom. The smallest absolute Gasteiger partial charge is 0.251 e. The molecule has 1 N–H and O–H groups in total. The minimum atomic E-state index is -0.0884. The number of nitrogens with zero attached hydrogens (tertiary/aromatic N) is 3. The zero-order chi connectivity index (χ0) is 29.1. The summed E-state index contributed by atoms with van der Waals surface area (Å²) in [4.78, 5) is 33.1. The van der Waals surface area contributed by atoms with Gasteiger partial charge in [-0.3, -0.25) is 19.4 Å². The molecule has 2 saturated heterocycles. The molecule has 2 aromatic rings. The number of benzene rings is 2. The molecule has 8 nitrogen and oxygen atoms in total. The van der Waals surface area contributed by atoms with Crippen LogP contribution in [0.4, 0.5) is 5.69 Å². The van der Waals surface area contributed by atoms with E-state index in [1.165, 1.54) is 24.8 Å². The first-order valence-corrected chi connectivity index (χ1v) is 16.0. The molecule has 0 aliphatic carbocycles. The quantitative estimate of drug-likeness (QED) is 0.535. The highest BCUT2D eigenvalue weighted by atomic mass is 16.5. The second kappa shape index (κ2) is 15.6. The Hall–Kier alpha value is -2.78. The Kier molecular flexibility index (Phi) is 11.4. The maximum absolute atomic E-state index is 13.4. The molecule has 3 aliphatic heterocycles. The molecular weight excluding hydrogens is 528 g/mol. The molecule has 0 saturated carbocycles. The van der Waals surface area contributed by atoms with E-state index in [9.17, 15) is 9.59 Å². The highest BCUT2D eigenvalue weighted by molar-refractivity contribution is 5.97. The van der Waals surface area contributed by atoms with Gasteiger partial charge in [0.1, 0.15) is 0 Å². The summed E-state index contributed by atoms with van der Waals surface area (Å²) < 4.78 is 11.1. The molecule has 0 atom stereocenters. The summed E-state index contributed by atoms with van der Waals surface area (Å²) in [6.07, 6.45) is 7.76. The van der Waals surface area contributed by atoms with Crippen molar-refractivity contribution < 1.29 is 19.1 Å². The number of anilines is 1. The van der Waals surface area contributed by atoms with E-state index in [0.717, 1.165) is 102 Å². The van der Waals surface area contributed by atoms with Gasteiger partial charge in [0, 0.05) is 76.7 Å². The topological polar surface area (TPSA) is 74.4 Å². The number of hydrogen-bond donors (Lipinski definition) is 1. The molecule has 0 spiro atoms. The zero-order valence-electron chi connectivity index (χ0n) is 25.3. The zero-order valence-corrected chi connectivity index (χ0v) is 25.3. The largest absolute Gasteiger partial charge is 0.381 e. The van der Waals surface area contributed by atoms with Crippen molar-refractivity contribution in [3.8, 4) is 0 Å². The van der Waals surface area contributed by atoms with Crippen LogP contribution in [-0.4, -0.2) is 80.3 Å². The molecule has 0 radical (unpaired) electrons. The van der Waals surface area contributed by atoms with Crippen molar-refractivity contribution in [2.75, 3.05) is 57.5 Å². The molecule has 2 amide bonds. The fraction of sp³-hybridized carbons (Fsp3) is 0.588. The summed E-state index contributed by atoms with van der Waals surface area (Å²) in [6.45, 7) is 10.6. The first-order chi connectivity index (χ1) is 20.6. The van der Waals surface area contributed by atoms with E-state index < -0.39 is 0 Å². The Balaban J connectivity index is 1.32. The van der Waals surface area contributed by atoms with E-state index in [2.05, 4.69) is 39.4 Å². The van der Waals surface area contributed by atoms with Crippen molar-refractivity contribution in [3.05, 3.63) is 64.7 Å². The molecule has 3 aliphatic rings. The predicted molar refractivity (Wildman–Crippen MR) is 166 cm³/mol. The van der Waals surface area contributed by atoms with Gasteiger partial charge in [-0.1, -0.05) is 43.5 Å². The third-order valence-electron chi connectivity index (χ3n) is 8.87. The highest BCUT2D eigenvalue weighted by Gasteiger charge is 2.25. The lowest BCUT2D eigenvalue weighted by atomic mass is 10.0. The van der Waals surface area contributed by atoms with E-state index in [4.69, 9.17) is 9.47 Å². The number of amides is 2. The Bertz CT molecular complexity index is 1180. The first-order valence-electron chi connectivity index (χ1n) is 16.0. The van der Waals surface area contributed by atoms with Crippen LogP contribution in [0.15, 0.2) is 42.5 Å². The number of fused-ring (bicyclic) bond motifs is 1. The van der Waals surface area contributed by atoms with E-state index in [1.807, 2.05) is 23.1 Å². The standard InChI is InChI=1S/C34H48N4O4/c1-27(39)38-15-6-4-2-3-5-14-37(32-12-18-41-19-13-32)26-31-23-30(10-11-33(31)38)34(40)35-24-28-8-7-9-29(22-28)25-36-16-20-42-21-17-36/h7-11,22-23,32H,2-6,12-21,24-26H2,1H3,(H,35,40). The Morgan fingerprint density at radius 3 is 2.33 bits per heavy atom. The summed E-state index contributed by atoms with van der Waals surface area (Å²) in [6, 6.07) is 14.8. The monoisotopic (exact) mass is 576 g/mol. The van der Waals surface area contributed by atoms with E-state index in [-0.39, 0.29) is 11.8 Å². The number of carbonyl (C=O) groups excluding carboxylic acids is 2. The van der Waals surface area contributed by atoms with Crippen molar-refractivity contribution in [3.63, 3.8) is 0 Å². The molecule has 3 heterocycles. The van der Waals surface area contributed by atoms with Gasteiger partial charge in [-0.2, -0.15) is 0 Å². The highest BCUT2D eigenvalue weighted by Crippen LogP contribution is 2.28. The minimum absolute atomic E-state index is 0.0556. The average Bonchev–Trinajstić information content (AvgIpc) is 3.01. The minimum Gasteiger partial charge on any atom is -0.381 e. The van der Waals surface area contributed by atoms with Gasteiger partial charge in [0.25, 0.3) is 5.91 Å². The van der Waals surface area contributed by atoms with Crippen LogP contribution < -0.4 is 10.2 Å². The van der Waals surface area contributed by atoms with Gasteiger partial charge in [0.2, 0.25) is 5.91 Å². The van der Waals surface area contributed by atoms with Crippen LogP contribution in [-0.2, 0) is 33.9 Å². The van der Waals surface area contributed by atoms with Gasteiger partial charge in [-0.15, -0.1) is 0 Å². The van der Waals surface area contributed by atoms with Crippen LogP contribution in [0.5, 0.6) is 0 Å². The Morgan fingerprint density at radius 1 is 0.833 bits per heavy atom. The summed E-state index contributed by atoms with van der Waals surface area (Å²) in [5.41, 5.74) is 4.97. The molecule has 0 unspecified atom stereocenters. The number of rotatable bonds is 6. The lowest BCUT2D eigenvalue weighted by Crippen LogP contribution is -2.40.